The molecule has 31 heavy (non-hydrogen) atoms. The molecule has 1 aromatic carbocycles. The number of nitrogens with one attached hydrogen (secondary N) is 2. The Bertz CT molecular complexity index is 856. The lowest BCUT2D eigenvalue weighted by Gasteiger charge is -2.33. The molecule has 1 unspecified atom stereocenters. The van der Waals surface area contributed by atoms with E-state index >= 15 is 0 Å². The maximum atomic E-state index is 14.0. The van der Waals surface area contributed by atoms with E-state index in [2.05, 4.69) is 10.0 Å². The van der Waals surface area contributed by atoms with E-state index in [-0.39, 0.29) is 18.4 Å². The van der Waals surface area contributed by atoms with E-state index in [9.17, 15) is 22.4 Å². The van der Waals surface area contributed by atoms with Crippen LogP contribution in [0.25, 0.3) is 0 Å². The third kappa shape index (κ3) is 7.76. The Morgan fingerprint density at radius 2 is 1.87 bits per heavy atom. The summed E-state index contributed by atoms with van der Waals surface area (Å²) in [5.41, 5.74) is 0. The lowest BCUT2D eigenvalue weighted by atomic mass is 10.0. The number of sulfonamides is 1. The van der Waals surface area contributed by atoms with Gasteiger partial charge in [-0.2, -0.15) is 16.5 Å². The van der Waals surface area contributed by atoms with Crippen molar-refractivity contribution in [3.8, 4) is 0 Å². The van der Waals surface area contributed by atoms with Gasteiger partial charge >= 0.3 is 0 Å². The summed E-state index contributed by atoms with van der Waals surface area (Å²) in [6.45, 7) is 5.13. The average molecular weight is 474 g/mol. The second-order valence-corrected chi connectivity index (χ2v) is 10.8. The van der Waals surface area contributed by atoms with Crippen LogP contribution in [-0.2, 0) is 19.6 Å². The summed E-state index contributed by atoms with van der Waals surface area (Å²) in [6, 6.07) is 3.95. The van der Waals surface area contributed by atoms with Crippen molar-refractivity contribution >= 4 is 33.6 Å². The summed E-state index contributed by atoms with van der Waals surface area (Å²) >= 11 is 1.49. The predicted octanol–water partition coefficient (Wildman–Crippen LogP) is 2.38. The SMILES string of the molecule is CSCCC(NS(=O)(=O)c1ccccc1F)C(=O)NC1CCN(C(=O)CC(C)C)CC1. The summed E-state index contributed by atoms with van der Waals surface area (Å²) < 4.78 is 41.6. The Morgan fingerprint density at radius 1 is 1.23 bits per heavy atom. The fourth-order valence-corrected chi connectivity index (χ4v) is 5.23. The standard InChI is InChI=1S/C21H32FN3O4S2/c1-15(2)14-20(26)25-11-8-16(9-12-25)23-21(27)18(10-13-30-3)24-31(28,29)19-7-5-4-6-17(19)22/h4-7,15-16,18,24H,8-14H2,1-3H3,(H,23,27). The number of halogens is 1. The van der Waals surface area contributed by atoms with Crippen molar-refractivity contribution in [1.29, 1.82) is 0 Å². The van der Waals surface area contributed by atoms with Gasteiger partial charge < -0.3 is 10.2 Å². The van der Waals surface area contributed by atoms with E-state index in [1.165, 1.54) is 30.0 Å². The second-order valence-electron chi connectivity index (χ2n) is 8.15. The van der Waals surface area contributed by atoms with Gasteiger partial charge in [0.15, 0.2) is 0 Å². The first kappa shape index (κ1) is 25.6. The van der Waals surface area contributed by atoms with E-state index in [4.69, 9.17) is 0 Å². The Labute approximate surface area is 188 Å². The molecule has 0 saturated carbocycles. The smallest absolute Gasteiger partial charge is 0.244 e. The van der Waals surface area contributed by atoms with Crippen LogP contribution in [-0.4, -0.2) is 62.3 Å². The van der Waals surface area contributed by atoms with Gasteiger partial charge in [-0.05, 0) is 49.3 Å². The van der Waals surface area contributed by atoms with Gasteiger partial charge in [0.2, 0.25) is 21.8 Å². The zero-order chi connectivity index (χ0) is 23.0. The molecule has 0 aromatic heterocycles. The molecule has 1 fully saturated rings. The molecule has 2 N–H and O–H groups in total. The fraction of sp³-hybridized carbons (Fsp3) is 0.619. The Hall–Kier alpha value is -1.65. The number of carbonyl (C=O) groups excluding carboxylic acids is 2. The van der Waals surface area contributed by atoms with Crippen LogP contribution in [0.5, 0.6) is 0 Å². The van der Waals surface area contributed by atoms with Crippen molar-refractivity contribution in [2.75, 3.05) is 25.1 Å². The van der Waals surface area contributed by atoms with Crippen LogP contribution in [0.2, 0.25) is 0 Å². The van der Waals surface area contributed by atoms with Gasteiger partial charge in [0.25, 0.3) is 0 Å². The van der Waals surface area contributed by atoms with Crippen molar-refractivity contribution in [2.24, 2.45) is 5.92 Å². The first-order chi connectivity index (χ1) is 14.6. The second kappa shape index (κ2) is 11.8. The van der Waals surface area contributed by atoms with Gasteiger partial charge in [-0.15, -0.1) is 0 Å². The summed E-state index contributed by atoms with van der Waals surface area (Å²) in [4.78, 5) is 26.4. The third-order valence-electron chi connectivity index (χ3n) is 5.13. The van der Waals surface area contributed by atoms with Crippen LogP contribution in [0.15, 0.2) is 29.2 Å². The molecule has 174 valence electrons. The molecule has 0 spiro atoms. The van der Waals surface area contributed by atoms with E-state index in [1.807, 2.05) is 25.0 Å². The van der Waals surface area contributed by atoms with Gasteiger partial charge in [0, 0.05) is 25.6 Å². The Morgan fingerprint density at radius 3 is 2.45 bits per heavy atom. The Balaban J connectivity index is 1.99. The topological polar surface area (TPSA) is 95.6 Å². The molecule has 7 nitrogen and oxygen atoms in total. The number of carbonyl (C=O) groups is 2. The van der Waals surface area contributed by atoms with Crippen molar-refractivity contribution in [2.45, 2.75) is 56.5 Å². The van der Waals surface area contributed by atoms with Crippen LogP contribution < -0.4 is 10.0 Å². The number of hydrogen-bond donors (Lipinski definition) is 2. The van der Waals surface area contributed by atoms with Crippen LogP contribution in [0, 0.1) is 11.7 Å². The number of piperidine rings is 1. The van der Waals surface area contributed by atoms with Crippen LogP contribution in [0.3, 0.4) is 0 Å². The molecule has 0 radical (unpaired) electrons. The molecule has 1 heterocycles. The zero-order valence-electron chi connectivity index (χ0n) is 18.3. The van der Waals surface area contributed by atoms with E-state index in [1.54, 1.807) is 0 Å². The highest BCUT2D eigenvalue weighted by molar-refractivity contribution is 7.98. The van der Waals surface area contributed by atoms with Crippen molar-refractivity contribution in [3.63, 3.8) is 0 Å². The molecule has 2 rings (SSSR count). The molecule has 1 saturated heterocycles. The largest absolute Gasteiger partial charge is 0.352 e. The third-order valence-corrected chi connectivity index (χ3v) is 7.28. The molecule has 0 bridgehead atoms. The normalized spacial score (nSPS) is 16.4. The van der Waals surface area contributed by atoms with Gasteiger partial charge in [-0.3, -0.25) is 9.59 Å². The fourth-order valence-electron chi connectivity index (χ4n) is 3.45. The number of benzene rings is 1. The molecular weight excluding hydrogens is 441 g/mol. The number of thioether (sulfide) groups is 1. The molecule has 1 aliphatic heterocycles. The summed E-state index contributed by atoms with van der Waals surface area (Å²) in [6.07, 6.45) is 3.89. The minimum absolute atomic E-state index is 0.121. The molecule has 0 aliphatic carbocycles. The van der Waals surface area contributed by atoms with Crippen LogP contribution in [0.1, 0.15) is 39.5 Å². The van der Waals surface area contributed by atoms with Gasteiger partial charge in [-0.1, -0.05) is 26.0 Å². The molecule has 1 atom stereocenters. The molecule has 1 aliphatic rings. The lowest BCUT2D eigenvalue weighted by Crippen LogP contribution is -2.52. The molecule has 2 amide bonds. The van der Waals surface area contributed by atoms with Gasteiger partial charge in [0.1, 0.15) is 16.8 Å². The van der Waals surface area contributed by atoms with Crippen LogP contribution in [0.4, 0.5) is 4.39 Å². The maximum Gasteiger partial charge on any atom is 0.244 e. The molecular formula is C21H32FN3O4S2. The number of rotatable bonds is 10. The van der Waals surface area contributed by atoms with Crippen molar-refractivity contribution in [1.82, 2.24) is 14.9 Å². The van der Waals surface area contributed by atoms with Crippen molar-refractivity contribution < 1.29 is 22.4 Å². The lowest BCUT2D eigenvalue weighted by molar-refractivity contribution is -0.133. The number of nitrogens with zero attached hydrogens (tertiary/aromatic N) is 1. The van der Waals surface area contributed by atoms with Crippen molar-refractivity contribution in [3.05, 3.63) is 30.1 Å². The number of amides is 2. The van der Waals surface area contributed by atoms with Gasteiger partial charge in [0.05, 0.1) is 0 Å². The minimum Gasteiger partial charge on any atom is -0.352 e. The first-order valence-electron chi connectivity index (χ1n) is 10.5. The predicted molar refractivity (Wildman–Crippen MR) is 121 cm³/mol. The first-order valence-corrected chi connectivity index (χ1v) is 13.4. The average Bonchev–Trinajstić information content (AvgIpc) is 2.71. The maximum absolute atomic E-state index is 14.0. The quantitative estimate of drug-likeness (QED) is 0.544. The van der Waals surface area contributed by atoms with E-state index < -0.39 is 32.7 Å². The monoisotopic (exact) mass is 473 g/mol. The Kier molecular flexibility index (Phi) is 9.77. The summed E-state index contributed by atoms with van der Waals surface area (Å²) in [7, 11) is -4.19. The van der Waals surface area contributed by atoms with E-state index in [0.29, 0.717) is 44.0 Å². The van der Waals surface area contributed by atoms with Crippen LogP contribution >= 0.6 is 11.8 Å². The molecule has 10 heteroatoms. The number of likely N-dealkylation sites (tertiary alicyclic amines) is 1. The minimum atomic E-state index is -4.19. The highest BCUT2D eigenvalue weighted by Crippen LogP contribution is 2.17. The zero-order valence-corrected chi connectivity index (χ0v) is 19.9. The highest BCUT2D eigenvalue weighted by atomic mass is 32.2. The summed E-state index contributed by atoms with van der Waals surface area (Å²) in [5.74, 6) is -0.307. The summed E-state index contributed by atoms with van der Waals surface area (Å²) in [5, 5.41) is 2.91. The molecule has 1 aromatic rings. The highest BCUT2D eigenvalue weighted by Gasteiger charge is 2.30. The number of hydrogen-bond acceptors (Lipinski definition) is 5. The van der Waals surface area contributed by atoms with Gasteiger partial charge in [-0.25, -0.2) is 12.8 Å². The van der Waals surface area contributed by atoms with E-state index in [0.717, 1.165) is 6.07 Å².